The SMILES string of the molecule is O=C(NCCNC(=O)c1ccc(O[C@H]2CC[C@@H](C(=O)O)CC2)cc1)c1ccc(OCc2ccccc2Cl)cc1. The second-order valence-corrected chi connectivity index (χ2v) is 9.78. The first-order chi connectivity index (χ1) is 18.9. The van der Waals surface area contributed by atoms with E-state index in [-0.39, 0.29) is 36.9 Å². The lowest BCUT2D eigenvalue weighted by molar-refractivity contribution is -0.143. The van der Waals surface area contributed by atoms with Gasteiger partial charge in [-0.05, 0) is 80.3 Å². The van der Waals surface area contributed by atoms with Crippen molar-refractivity contribution in [2.45, 2.75) is 38.4 Å². The number of aliphatic carboxylic acids is 1. The number of carboxylic acids is 1. The topological polar surface area (TPSA) is 114 Å². The Morgan fingerprint density at radius 3 is 1.85 bits per heavy atom. The van der Waals surface area contributed by atoms with Crippen LogP contribution in [0.25, 0.3) is 0 Å². The van der Waals surface area contributed by atoms with E-state index in [9.17, 15) is 14.4 Å². The molecule has 0 saturated heterocycles. The Balaban J connectivity index is 1.14. The van der Waals surface area contributed by atoms with Crippen molar-refractivity contribution in [3.63, 3.8) is 0 Å². The van der Waals surface area contributed by atoms with Crippen molar-refractivity contribution in [1.82, 2.24) is 10.6 Å². The van der Waals surface area contributed by atoms with Crippen LogP contribution in [0.3, 0.4) is 0 Å². The fourth-order valence-corrected chi connectivity index (χ4v) is 4.53. The molecule has 0 atom stereocenters. The Morgan fingerprint density at radius 1 is 0.769 bits per heavy atom. The highest BCUT2D eigenvalue weighted by atomic mass is 35.5. The highest BCUT2D eigenvalue weighted by molar-refractivity contribution is 6.31. The quantitative estimate of drug-likeness (QED) is 0.286. The highest BCUT2D eigenvalue weighted by Gasteiger charge is 2.26. The molecule has 9 heteroatoms. The average molecular weight is 551 g/mol. The zero-order valence-corrected chi connectivity index (χ0v) is 22.2. The normalized spacial score (nSPS) is 16.6. The monoisotopic (exact) mass is 550 g/mol. The van der Waals surface area contributed by atoms with Crippen LogP contribution in [0, 0.1) is 5.92 Å². The minimum atomic E-state index is -0.742. The lowest BCUT2D eigenvalue weighted by Crippen LogP contribution is -2.34. The number of hydrogen-bond acceptors (Lipinski definition) is 5. The molecule has 2 amide bonds. The van der Waals surface area contributed by atoms with E-state index in [4.69, 9.17) is 26.2 Å². The molecule has 0 aliphatic heterocycles. The zero-order chi connectivity index (χ0) is 27.6. The van der Waals surface area contributed by atoms with Gasteiger partial charge in [-0.3, -0.25) is 14.4 Å². The first-order valence-electron chi connectivity index (χ1n) is 12.9. The summed E-state index contributed by atoms with van der Waals surface area (Å²) in [5.74, 6) is -0.252. The molecular formula is C30H31ClN2O6. The summed E-state index contributed by atoms with van der Waals surface area (Å²) in [6, 6.07) is 21.1. The van der Waals surface area contributed by atoms with Gasteiger partial charge in [0.25, 0.3) is 11.8 Å². The molecule has 0 aromatic heterocycles. The van der Waals surface area contributed by atoms with Crippen LogP contribution < -0.4 is 20.1 Å². The Morgan fingerprint density at radius 2 is 1.31 bits per heavy atom. The Labute approximate surface area is 232 Å². The molecule has 0 bridgehead atoms. The maximum atomic E-state index is 12.4. The molecule has 1 aliphatic carbocycles. The summed E-state index contributed by atoms with van der Waals surface area (Å²) in [7, 11) is 0. The predicted molar refractivity (Wildman–Crippen MR) is 147 cm³/mol. The van der Waals surface area contributed by atoms with Gasteiger partial charge in [-0.25, -0.2) is 0 Å². The van der Waals surface area contributed by atoms with E-state index in [0.717, 1.165) is 5.56 Å². The van der Waals surface area contributed by atoms with Crippen LogP contribution in [0.1, 0.15) is 52.0 Å². The van der Waals surface area contributed by atoms with Gasteiger partial charge in [0.05, 0.1) is 12.0 Å². The van der Waals surface area contributed by atoms with Crippen molar-refractivity contribution in [2.75, 3.05) is 13.1 Å². The minimum Gasteiger partial charge on any atom is -0.490 e. The van der Waals surface area contributed by atoms with E-state index in [2.05, 4.69) is 10.6 Å². The largest absolute Gasteiger partial charge is 0.490 e. The number of nitrogens with one attached hydrogen (secondary N) is 2. The molecular weight excluding hydrogens is 520 g/mol. The van der Waals surface area contributed by atoms with Gasteiger partial charge in [-0.2, -0.15) is 0 Å². The summed E-state index contributed by atoms with van der Waals surface area (Å²) < 4.78 is 11.7. The van der Waals surface area contributed by atoms with Gasteiger partial charge >= 0.3 is 5.97 Å². The number of amides is 2. The van der Waals surface area contributed by atoms with Crippen molar-refractivity contribution >= 4 is 29.4 Å². The van der Waals surface area contributed by atoms with Crippen molar-refractivity contribution in [2.24, 2.45) is 5.92 Å². The molecule has 8 nitrogen and oxygen atoms in total. The molecule has 0 heterocycles. The van der Waals surface area contributed by atoms with Crippen molar-refractivity contribution in [1.29, 1.82) is 0 Å². The van der Waals surface area contributed by atoms with Gasteiger partial charge in [0.2, 0.25) is 0 Å². The molecule has 3 N–H and O–H groups in total. The fraction of sp³-hybridized carbons (Fsp3) is 0.300. The smallest absolute Gasteiger partial charge is 0.306 e. The lowest BCUT2D eigenvalue weighted by atomic mass is 9.87. The van der Waals surface area contributed by atoms with Gasteiger partial charge in [0.15, 0.2) is 0 Å². The van der Waals surface area contributed by atoms with E-state index >= 15 is 0 Å². The summed E-state index contributed by atoms with van der Waals surface area (Å²) in [6.07, 6.45) is 2.61. The van der Waals surface area contributed by atoms with Crippen molar-refractivity contribution in [3.8, 4) is 11.5 Å². The van der Waals surface area contributed by atoms with E-state index in [1.165, 1.54) is 0 Å². The minimum absolute atomic E-state index is 0.0130. The van der Waals surface area contributed by atoms with E-state index in [1.54, 1.807) is 54.6 Å². The van der Waals surface area contributed by atoms with Crippen molar-refractivity contribution in [3.05, 3.63) is 94.5 Å². The van der Waals surface area contributed by atoms with E-state index in [1.807, 2.05) is 18.2 Å². The third kappa shape index (κ3) is 8.22. The fourth-order valence-electron chi connectivity index (χ4n) is 4.34. The number of hydrogen-bond donors (Lipinski definition) is 3. The number of carbonyl (C=O) groups is 3. The van der Waals surface area contributed by atoms with Crippen LogP contribution in [0.15, 0.2) is 72.8 Å². The van der Waals surface area contributed by atoms with Crippen molar-refractivity contribution < 1.29 is 29.0 Å². The molecule has 1 aliphatic rings. The predicted octanol–water partition coefficient (Wildman–Crippen LogP) is 5.10. The first kappa shape index (κ1) is 28.0. The number of halogens is 1. The summed E-state index contributed by atoms with van der Waals surface area (Å²) in [4.78, 5) is 35.9. The summed E-state index contributed by atoms with van der Waals surface area (Å²) >= 11 is 6.14. The number of rotatable bonds is 11. The second kappa shape index (κ2) is 13.7. The molecule has 39 heavy (non-hydrogen) atoms. The zero-order valence-electron chi connectivity index (χ0n) is 21.4. The van der Waals surface area contributed by atoms with Gasteiger partial charge in [0, 0.05) is 34.8 Å². The second-order valence-electron chi connectivity index (χ2n) is 9.37. The summed E-state index contributed by atoms with van der Waals surface area (Å²) in [5, 5.41) is 15.3. The lowest BCUT2D eigenvalue weighted by Gasteiger charge is -2.26. The molecule has 0 radical (unpaired) electrons. The number of carboxylic acid groups (broad SMARTS) is 1. The van der Waals surface area contributed by atoms with Gasteiger partial charge in [0.1, 0.15) is 18.1 Å². The molecule has 1 saturated carbocycles. The highest BCUT2D eigenvalue weighted by Crippen LogP contribution is 2.28. The summed E-state index contributed by atoms with van der Waals surface area (Å²) in [6.45, 7) is 0.875. The van der Waals surface area contributed by atoms with Crippen LogP contribution in [-0.2, 0) is 11.4 Å². The number of carbonyl (C=O) groups excluding carboxylic acids is 2. The van der Waals surface area contributed by atoms with E-state index < -0.39 is 5.97 Å². The van der Waals surface area contributed by atoms with Crippen LogP contribution >= 0.6 is 11.6 Å². The summed E-state index contributed by atoms with van der Waals surface area (Å²) in [5.41, 5.74) is 1.85. The van der Waals surface area contributed by atoms with E-state index in [0.29, 0.717) is 59.9 Å². The van der Waals surface area contributed by atoms with Gasteiger partial charge in [-0.15, -0.1) is 0 Å². The standard InChI is InChI=1S/C30H31ClN2O6/c31-27-4-2-1-3-23(27)19-38-24-11-5-20(6-12-24)28(34)32-17-18-33-29(35)21-7-13-25(14-8-21)39-26-15-9-22(10-16-26)30(36)37/h1-8,11-14,22,26H,9-10,15-19H2,(H,32,34)(H,33,35)(H,36,37)/t22-,26+. The maximum Gasteiger partial charge on any atom is 0.306 e. The van der Waals surface area contributed by atoms with Gasteiger partial charge in [-0.1, -0.05) is 29.8 Å². The average Bonchev–Trinajstić information content (AvgIpc) is 2.95. The van der Waals surface area contributed by atoms with Crippen LogP contribution in [0.4, 0.5) is 0 Å². The Kier molecular flexibility index (Phi) is 9.80. The molecule has 204 valence electrons. The van der Waals surface area contributed by atoms with Crippen LogP contribution in [0.5, 0.6) is 11.5 Å². The molecule has 0 spiro atoms. The molecule has 1 fully saturated rings. The number of benzene rings is 3. The molecule has 4 rings (SSSR count). The number of ether oxygens (including phenoxy) is 2. The molecule has 3 aromatic rings. The first-order valence-corrected chi connectivity index (χ1v) is 13.3. The maximum absolute atomic E-state index is 12.4. The molecule has 0 unspecified atom stereocenters. The van der Waals surface area contributed by atoms with Crippen LogP contribution in [-0.4, -0.2) is 42.1 Å². The molecule has 3 aromatic carbocycles. The van der Waals surface area contributed by atoms with Gasteiger partial charge < -0.3 is 25.2 Å². The van der Waals surface area contributed by atoms with Crippen LogP contribution in [0.2, 0.25) is 5.02 Å². The Bertz CT molecular complexity index is 1270. The Hall–Kier alpha value is -4.04. The third-order valence-corrected chi connectivity index (χ3v) is 6.98. The third-order valence-electron chi connectivity index (χ3n) is 6.61.